The Hall–Kier alpha value is -3.25. The summed E-state index contributed by atoms with van der Waals surface area (Å²) < 4.78 is 0. The van der Waals surface area contributed by atoms with E-state index < -0.39 is 75.8 Å². The molecule has 1 aromatic carbocycles. The maximum atomic E-state index is 14.0. The van der Waals surface area contributed by atoms with Gasteiger partial charge in [0.1, 0.15) is 22.8 Å². The van der Waals surface area contributed by atoms with Crippen molar-refractivity contribution in [3.05, 3.63) is 45.7 Å². The number of amides is 1. The lowest BCUT2D eigenvalue weighted by Gasteiger charge is -2.53. The van der Waals surface area contributed by atoms with Crippen LogP contribution in [0.1, 0.15) is 55.3 Å². The van der Waals surface area contributed by atoms with E-state index in [1.54, 1.807) is 12.1 Å². The van der Waals surface area contributed by atoms with Gasteiger partial charge in [-0.1, -0.05) is 31.9 Å². The number of fused-ring (bicyclic) bond motifs is 3. The summed E-state index contributed by atoms with van der Waals surface area (Å²) in [4.78, 5) is 40.6. The number of aliphatic hydroxyl groups is 4. The fraction of sp³-hybridized carbons (Fsp3) is 0.519. The largest absolute Gasteiger partial charge is 0.508 e. The topological polar surface area (TPSA) is 208 Å². The molecule has 0 spiro atoms. The van der Waals surface area contributed by atoms with Crippen molar-refractivity contribution in [2.75, 3.05) is 14.1 Å². The molecule has 11 nitrogen and oxygen atoms in total. The standard InChI is InChI=1S/C27H33N3O8/c1-26(8-4-5-9-26)11-7-6-10-12(19(11)31)20(32)14-13(17(10)28)21(33)16-18(30(2)3)22(34)15(25(29)37)24(36)27(16,38)23(14)35/h6-7,13,16-18,21,31-33,36,38H,4-5,8-9,28H2,1-3H3,(H2,29,37)/t13-,16+,17-,18-,21-,27-/m0/s1. The second kappa shape index (κ2) is 8.37. The molecule has 0 heterocycles. The lowest BCUT2D eigenvalue weighted by molar-refractivity contribution is -0.169. The smallest absolute Gasteiger partial charge is 0.255 e. The minimum Gasteiger partial charge on any atom is -0.508 e. The number of hydrogen-bond donors (Lipinski definition) is 7. The Kier molecular flexibility index (Phi) is 5.81. The minimum absolute atomic E-state index is 0.0772. The van der Waals surface area contributed by atoms with Gasteiger partial charge in [0.05, 0.1) is 23.6 Å². The number of aromatic hydroxyl groups is 1. The number of nitrogens with zero attached hydrogens (tertiary/aromatic N) is 1. The maximum Gasteiger partial charge on any atom is 0.255 e. The first-order valence-corrected chi connectivity index (χ1v) is 12.6. The molecule has 0 saturated heterocycles. The van der Waals surface area contributed by atoms with Crippen molar-refractivity contribution < 1.29 is 39.9 Å². The summed E-state index contributed by atoms with van der Waals surface area (Å²) in [6.45, 7) is 2.01. The van der Waals surface area contributed by atoms with Crippen molar-refractivity contribution in [3.8, 4) is 5.75 Å². The van der Waals surface area contributed by atoms with E-state index in [0.717, 1.165) is 25.7 Å². The highest BCUT2D eigenvalue weighted by atomic mass is 16.4. The Balaban J connectivity index is 1.78. The zero-order valence-electron chi connectivity index (χ0n) is 21.4. The fourth-order valence-corrected chi connectivity index (χ4v) is 7.27. The number of nitrogens with two attached hydrogens (primary N) is 2. The van der Waals surface area contributed by atoms with Gasteiger partial charge in [-0.2, -0.15) is 0 Å². The van der Waals surface area contributed by atoms with Crippen LogP contribution in [0.3, 0.4) is 0 Å². The predicted molar refractivity (Wildman–Crippen MR) is 135 cm³/mol. The van der Waals surface area contributed by atoms with Gasteiger partial charge in [0.15, 0.2) is 11.4 Å². The normalized spacial score (nSPS) is 34.3. The zero-order chi connectivity index (χ0) is 28.1. The van der Waals surface area contributed by atoms with Crippen molar-refractivity contribution >= 4 is 23.2 Å². The van der Waals surface area contributed by atoms with Gasteiger partial charge < -0.3 is 37.0 Å². The van der Waals surface area contributed by atoms with Gasteiger partial charge >= 0.3 is 0 Å². The highest BCUT2D eigenvalue weighted by Gasteiger charge is 2.68. The van der Waals surface area contributed by atoms with E-state index in [2.05, 4.69) is 0 Å². The van der Waals surface area contributed by atoms with Crippen molar-refractivity contribution in [3.63, 3.8) is 0 Å². The highest BCUT2D eigenvalue weighted by Crippen LogP contribution is 2.56. The van der Waals surface area contributed by atoms with E-state index in [9.17, 15) is 39.9 Å². The van der Waals surface area contributed by atoms with Crippen LogP contribution in [0.5, 0.6) is 5.75 Å². The average molecular weight is 528 g/mol. The van der Waals surface area contributed by atoms with Crippen LogP contribution in [0.4, 0.5) is 0 Å². The van der Waals surface area contributed by atoms with Gasteiger partial charge in [0.2, 0.25) is 5.78 Å². The third kappa shape index (κ3) is 3.13. The molecule has 6 atom stereocenters. The van der Waals surface area contributed by atoms with E-state index in [1.807, 2.05) is 6.92 Å². The lowest BCUT2D eigenvalue weighted by atomic mass is 9.55. The maximum absolute atomic E-state index is 14.0. The third-order valence-corrected chi connectivity index (χ3v) is 9.20. The molecule has 0 unspecified atom stereocenters. The van der Waals surface area contributed by atoms with Crippen molar-refractivity contribution in [2.45, 2.75) is 61.8 Å². The van der Waals surface area contributed by atoms with E-state index >= 15 is 0 Å². The number of phenolic OH excluding ortho intramolecular Hbond substituents is 1. The first-order valence-electron chi connectivity index (χ1n) is 12.6. The quantitative estimate of drug-likeness (QED) is 0.266. The second-order valence-corrected chi connectivity index (χ2v) is 11.5. The summed E-state index contributed by atoms with van der Waals surface area (Å²) >= 11 is 0. The number of phenols is 1. The Morgan fingerprint density at radius 2 is 1.71 bits per heavy atom. The minimum atomic E-state index is -2.96. The molecule has 2 fully saturated rings. The predicted octanol–water partition coefficient (Wildman–Crippen LogP) is 0.224. The lowest BCUT2D eigenvalue weighted by Crippen LogP contribution is -2.70. The molecule has 1 amide bonds. The molecule has 1 aromatic rings. The summed E-state index contributed by atoms with van der Waals surface area (Å²) in [5.74, 6) is -8.69. The van der Waals surface area contributed by atoms with Gasteiger partial charge in [-0.15, -0.1) is 0 Å². The fourth-order valence-electron chi connectivity index (χ4n) is 7.27. The summed E-state index contributed by atoms with van der Waals surface area (Å²) in [6.07, 6.45) is 1.86. The molecule has 0 radical (unpaired) electrons. The number of hydrogen-bond acceptors (Lipinski definition) is 10. The van der Waals surface area contributed by atoms with Crippen LogP contribution in [0, 0.1) is 11.8 Å². The Morgan fingerprint density at radius 1 is 1.11 bits per heavy atom. The van der Waals surface area contributed by atoms with Gasteiger partial charge in [0, 0.05) is 23.1 Å². The van der Waals surface area contributed by atoms with E-state index in [1.165, 1.54) is 19.0 Å². The molecule has 4 aliphatic rings. The monoisotopic (exact) mass is 527 g/mol. The van der Waals surface area contributed by atoms with Gasteiger partial charge in [-0.05, 0) is 37.9 Å². The molecule has 38 heavy (non-hydrogen) atoms. The van der Waals surface area contributed by atoms with Crippen LogP contribution in [0.25, 0.3) is 5.76 Å². The Morgan fingerprint density at radius 3 is 2.26 bits per heavy atom. The van der Waals surface area contributed by atoms with Crippen LogP contribution >= 0.6 is 0 Å². The van der Waals surface area contributed by atoms with Crippen LogP contribution in [0.15, 0.2) is 29.0 Å². The number of benzene rings is 1. The summed E-state index contributed by atoms with van der Waals surface area (Å²) in [7, 11) is 2.90. The molecule has 4 aliphatic carbocycles. The van der Waals surface area contributed by atoms with E-state index in [-0.39, 0.29) is 22.3 Å². The number of primary amides is 1. The number of Topliss-reactive ketones (excluding diaryl/α,β-unsaturated/α-hetero) is 2. The number of rotatable bonds is 3. The zero-order valence-corrected chi connectivity index (χ0v) is 21.4. The third-order valence-electron chi connectivity index (χ3n) is 9.20. The molecule has 0 bridgehead atoms. The van der Waals surface area contributed by atoms with Crippen LogP contribution in [-0.4, -0.2) is 79.7 Å². The van der Waals surface area contributed by atoms with Crippen molar-refractivity contribution in [1.82, 2.24) is 4.90 Å². The molecule has 11 heteroatoms. The number of carbonyl (C=O) groups is 3. The molecule has 0 aliphatic heterocycles. The first-order chi connectivity index (χ1) is 17.7. The van der Waals surface area contributed by atoms with Crippen LogP contribution in [0.2, 0.25) is 0 Å². The molecular weight excluding hydrogens is 494 g/mol. The molecule has 5 rings (SSSR count). The van der Waals surface area contributed by atoms with Gasteiger partial charge in [-0.3, -0.25) is 19.3 Å². The Bertz CT molecular complexity index is 1340. The average Bonchev–Trinajstić information content (AvgIpc) is 3.28. The number of ketones is 2. The van der Waals surface area contributed by atoms with E-state index in [4.69, 9.17) is 11.5 Å². The van der Waals surface area contributed by atoms with E-state index in [0.29, 0.717) is 5.56 Å². The molecule has 2 saturated carbocycles. The molecule has 204 valence electrons. The second-order valence-electron chi connectivity index (χ2n) is 11.5. The highest BCUT2D eigenvalue weighted by molar-refractivity contribution is 6.24. The summed E-state index contributed by atoms with van der Waals surface area (Å²) in [6, 6.07) is 0.859. The van der Waals surface area contributed by atoms with Crippen LogP contribution in [-0.2, 0) is 19.8 Å². The van der Waals surface area contributed by atoms with Crippen molar-refractivity contribution in [2.24, 2.45) is 23.3 Å². The molecule has 0 aromatic heterocycles. The summed E-state index contributed by atoms with van der Waals surface area (Å²) in [5, 5.41) is 57.0. The number of aliphatic hydroxyl groups excluding tert-OH is 3. The summed E-state index contributed by atoms with van der Waals surface area (Å²) in [5.41, 5.74) is 7.91. The Labute approximate surface area is 219 Å². The first kappa shape index (κ1) is 26.4. The van der Waals surface area contributed by atoms with Crippen LogP contribution < -0.4 is 11.5 Å². The van der Waals surface area contributed by atoms with Gasteiger partial charge in [0.25, 0.3) is 5.91 Å². The SMILES string of the molecule is CN(C)[C@@H]1C(=O)C(C(N)=O)=C(O)[C@@]2(O)C(=O)C3=C(O)c4c(ccc(C5(C)CCCC5)c4O)[C@H](N)[C@H]3[C@H](O)[C@@H]12. The van der Waals surface area contributed by atoms with Crippen molar-refractivity contribution in [1.29, 1.82) is 0 Å². The number of likely N-dealkylation sites (N-methyl/N-ethyl adjacent to an activating group) is 1. The number of carbonyl (C=O) groups excluding carboxylic acids is 3. The molecule has 9 N–H and O–H groups in total. The molecular formula is C27H33N3O8. The van der Waals surface area contributed by atoms with Gasteiger partial charge in [-0.25, -0.2) is 0 Å².